The van der Waals surface area contributed by atoms with Gasteiger partial charge in [0, 0.05) is 16.1 Å². The van der Waals surface area contributed by atoms with Gasteiger partial charge in [-0.25, -0.2) is 4.79 Å². The third kappa shape index (κ3) is 1.82. The van der Waals surface area contributed by atoms with E-state index >= 15 is 0 Å². The van der Waals surface area contributed by atoms with Gasteiger partial charge in [0.15, 0.2) is 5.69 Å². The van der Waals surface area contributed by atoms with Gasteiger partial charge in [-0.3, -0.25) is 5.10 Å². The lowest BCUT2D eigenvalue weighted by Crippen LogP contribution is -1.98. The zero-order valence-electron chi connectivity index (χ0n) is 7.74. The molecule has 78 valence electrons. The highest BCUT2D eigenvalue weighted by atomic mass is 79.9. The summed E-state index contributed by atoms with van der Waals surface area (Å²) in [4.78, 5) is 11.8. The van der Waals surface area contributed by atoms with E-state index in [0.717, 1.165) is 14.4 Å². The Hall–Kier alpha value is -1.14. The molecule has 2 rings (SSSR count). The molecule has 15 heavy (non-hydrogen) atoms. The SMILES string of the molecule is Cc1[nH]nc(C(=O)O)c1-c1ccc(Br)s1. The van der Waals surface area contributed by atoms with Gasteiger partial charge < -0.3 is 5.11 Å². The van der Waals surface area contributed by atoms with Crippen LogP contribution >= 0.6 is 27.3 Å². The minimum Gasteiger partial charge on any atom is -0.476 e. The second-order valence-electron chi connectivity index (χ2n) is 2.98. The number of aromatic carboxylic acids is 1. The number of carbonyl (C=O) groups is 1. The molecule has 2 heterocycles. The van der Waals surface area contributed by atoms with Crippen molar-refractivity contribution in [2.24, 2.45) is 0 Å². The van der Waals surface area contributed by atoms with E-state index in [4.69, 9.17) is 5.11 Å². The van der Waals surface area contributed by atoms with Crippen LogP contribution in [0, 0.1) is 6.92 Å². The molecule has 0 saturated heterocycles. The van der Waals surface area contributed by atoms with Crippen LogP contribution in [0.25, 0.3) is 10.4 Å². The molecule has 0 aliphatic heterocycles. The van der Waals surface area contributed by atoms with Crippen molar-refractivity contribution in [1.29, 1.82) is 0 Å². The van der Waals surface area contributed by atoms with Crippen molar-refractivity contribution in [2.45, 2.75) is 6.92 Å². The van der Waals surface area contributed by atoms with Gasteiger partial charge in [-0.05, 0) is 35.0 Å². The molecule has 0 amide bonds. The molecule has 0 saturated carbocycles. The van der Waals surface area contributed by atoms with E-state index in [1.807, 2.05) is 19.1 Å². The number of aromatic amines is 1. The van der Waals surface area contributed by atoms with Gasteiger partial charge >= 0.3 is 5.97 Å². The van der Waals surface area contributed by atoms with Crippen molar-refractivity contribution >= 4 is 33.2 Å². The lowest BCUT2D eigenvalue weighted by Gasteiger charge is -1.95. The number of halogens is 1. The van der Waals surface area contributed by atoms with Crippen molar-refractivity contribution in [3.05, 3.63) is 27.3 Å². The molecule has 0 unspecified atom stereocenters. The van der Waals surface area contributed by atoms with Crippen LogP contribution < -0.4 is 0 Å². The Kier molecular flexibility index (Phi) is 2.62. The predicted molar refractivity (Wildman–Crippen MR) is 61.3 cm³/mol. The molecule has 2 aromatic rings. The van der Waals surface area contributed by atoms with Crippen LogP contribution in [0.5, 0.6) is 0 Å². The highest BCUT2D eigenvalue weighted by molar-refractivity contribution is 9.11. The summed E-state index contributed by atoms with van der Waals surface area (Å²) in [6, 6.07) is 3.76. The summed E-state index contributed by atoms with van der Waals surface area (Å²) in [6.45, 7) is 1.81. The highest BCUT2D eigenvalue weighted by Crippen LogP contribution is 2.34. The average molecular weight is 287 g/mol. The Morgan fingerprint density at radius 2 is 2.33 bits per heavy atom. The van der Waals surface area contributed by atoms with Gasteiger partial charge in [-0.1, -0.05) is 0 Å². The molecule has 0 fully saturated rings. The van der Waals surface area contributed by atoms with Crippen LogP contribution in [0.4, 0.5) is 0 Å². The first-order valence-corrected chi connectivity index (χ1v) is 5.74. The standard InChI is InChI=1S/C9H7BrN2O2S/c1-4-7(5-2-3-6(10)15-5)8(9(13)14)12-11-4/h2-3H,1H3,(H,11,12)(H,13,14). The quantitative estimate of drug-likeness (QED) is 0.892. The maximum absolute atomic E-state index is 10.9. The molecule has 2 N–H and O–H groups in total. The van der Waals surface area contributed by atoms with Gasteiger partial charge in [0.25, 0.3) is 0 Å². The molecule has 0 bridgehead atoms. The van der Waals surface area contributed by atoms with Crippen LogP contribution in [0.15, 0.2) is 15.9 Å². The minimum atomic E-state index is -1.01. The summed E-state index contributed by atoms with van der Waals surface area (Å²) >= 11 is 4.83. The zero-order valence-corrected chi connectivity index (χ0v) is 10.1. The number of H-pyrrole nitrogens is 1. The summed E-state index contributed by atoms with van der Waals surface area (Å²) < 4.78 is 0.967. The number of hydrogen-bond donors (Lipinski definition) is 2. The Balaban J connectivity index is 2.60. The fourth-order valence-electron chi connectivity index (χ4n) is 1.33. The molecule has 6 heteroatoms. The number of thiophene rings is 1. The van der Waals surface area contributed by atoms with Crippen LogP contribution in [0.2, 0.25) is 0 Å². The van der Waals surface area contributed by atoms with E-state index in [9.17, 15) is 4.79 Å². The van der Waals surface area contributed by atoms with Crippen LogP contribution in [0.3, 0.4) is 0 Å². The number of carboxylic acid groups (broad SMARTS) is 1. The molecular weight excluding hydrogens is 280 g/mol. The van der Waals surface area contributed by atoms with E-state index in [0.29, 0.717) is 5.56 Å². The van der Waals surface area contributed by atoms with Crippen molar-refractivity contribution in [3.63, 3.8) is 0 Å². The van der Waals surface area contributed by atoms with Crippen LogP contribution in [-0.2, 0) is 0 Å². The van der Waals surface area contributed by atoms with Gasteiger partial charge in [0.1, 0.15) is 0 Å². The molecule has 4 nitrogen and oxygen atoms in total. The summed E-state index contributed by atoms with van der Waals surface area (Å²) in [5.74, 6) is -1.01. The Bertz CT molecular complexity index is 518. The number of nitrogens with one attached hydrogen (secondary N) is 1. The van der Waals surface area contributed by atoms with Crippen molar-refractivity contribution < 1.29 is 9.90 Å². The number of hydrogen-bond acceptors (Lipinski definition) is 3. The number of carboxylic acids is 1. The largest absolute Gasteiger partial charge is 0.476 e. The lowest BCUT2D eigenvalue weighted by atomic mass is 10.1. The average Bonchev–Trinajstić information content (AvgIpc) is 2.71. The zero-order chi connectivity index (χ0) is 11.0. The van der Waals surface area contributed by atoms with Crippen molar-refractivity contribution in [1.82, 2.24) is 10.2 Å². The molecule has 0 radical (unpaired) electrons. The third-order valence-corrected chi connectivity index (χ3v) is 3.61. The summed E-state index contributed by atoms with van der Waals surface area (Å²) in [7, 11) is 0. The van der Waals surface area contributed by atoms with Gasteiger partial charge in [-0.15, -0.1) is 11.3 Å². The van der Waals surface area contributed by atoms with Crippen LogP contribution in [-0.4, -0.2) is 21.3 Å². The normalized spacial score (nSPS) is 10.5. The van der Waals surface area contributed by atoms with E-state index in [1.165, 1.54) is 11.3 Å². The molecule has 0 aliphatic rings. The summed E-state index contributed by atoms with van der Waals surface area (Å²) in [6.07, 6.45) is 0. The number of aryl methyl sites for hydroxylation is 1. The van der Waals surface area contributed by atoms with Crippen LogP contribution in [0.1, 0.15) is 16.2 Å². The monoisotopic (exact) mass is 286 g/mol. The van der Waals surface area contributed by atoms with Gasteiger partial charge in [0.05, 0.1) is 3.79 Å². The van der Waals surface area contributed by atoms with Gasteiger partial charge in [-0.2, -0.15) is 5.10 Å². The third-order valence-electron chi connectivity index (χ3n) is 1.97. The molecular formula is C9H7BrN2O2S. The van der Waals surface area contributed by atoms with Gasteiger partial charge in [0.2, 0.25) is 0 Å². The number of nitrogens with zero attached hydrogens (tertiary/aromatic N) is 1. The second-order valence-corrected chi connectivity index (χ2v) is 5.44. The number of rotatable bonds is 2. The Labute approximate surface area is 98.1 Å². The minimum absolute atomic E-state index is 0.0712. The predicted octanol–water partition coefficient (Wildman–Crippen LogP) is 2.91. The maximum atomic E-state index is 10.9. The van der Waals surface area contributed by atoms with E-state index < -0.39 is 5.97 Å². The second kappa shape index (κ2) is 3.79. The molecule has 0 spiro atoms. The molecule has 0 atom stereocenters. The fraction of sp³-hybridized carbons (Fsp3) is 0.111. The van der Waals surface area contributed by atoms with E-state index in [1.54, 1.807) is 0 Å². The Morgan fingerprint density at radius 3 is 2.87 bits per heavy atom. The smallest absolute Gasteiger partial charge is 0.357 e. The fourth-order valence-corrected chi connectivity index (χ4v) is 2.82. The highest BCUT2D eigenvalue weighted by Gasteiger charge is 2.19. The first-order chi connectivity index (χ1) is 7.09. The first kappa shape index (κ1) is 10.4. The number of aromatic nitrogens is 2. The topological polar surface area (TPSA) is 66.0 Å². The Morgan fingerprint density at radius 1 is 1.60 bits per heavy atom. The lowest BCUT2D eigenvalue weighted by molar-refractivity contribution is 0.0691. The van der Waals surface area contributed by atoms with E-state index in [2.05, 4.69) is 26.1 Å². The molecule has 0 aromatic carbocycles. The first-order valence-electron chi connectivity index (χ1n) is 4.13. The van der Waals surface area contributed by atoms with Crippen molar-refractivity contribution in [3.8, 4) is 10.4 Å². The summed E-state index contributed by atoms with van der Waals surface area (Å²) in [5.41, 5.74) is 1.50. The van der Waals surface area contributed by atoms with E-state index in [-0.39, 0.29) is 5.69 Å². The molecule has 0 aliphatic carbocycles. The maximum Gasteiger partial charge on any atom is 0.357 e. The van der Waals surface area contributed by atoms with Crippen molar-refractivity contribution in [2.75, 3.05) is 0 Å². The molecule has 2 aromatic heterocycles. The summed E-state index contributed by atoms with van der Waals surface area (Å²) in [5, 5.41) is 15.4.